The molecular formula is C34H40N2. The third kappa shape index (κ3) is 3.92. The van der Waals surface area contributed by atoms with Crippen molar-refractivity contribution in [2.45, 2.75) is 74.1 Å². The van der Waals surface area contributed by atoms with Gasteiger partial charge in [0.15, 0.2) is 0 Å². The molecule has 0 spiro atoms. The second kappa shape index (κ2) is 8.47. The SMILES string of the molecule is Cc1cccc(C)c1-c1cnc2c3c(C(C)(C)C(C)C)cccc3c3cc(CC(C)(C)C)ccc3n12. The van der Waals surface area contributed by atoms with Gasteiger partial charge in [-0.1, -0.05) is 90.9 Å². The Bertz CT molecular complexity index is 1590. The third-order valence-electron chi connectivity index (χ3n) is 8.25. The number of benzene rings is 3. The monoisotopic (exact) mass is 476 g/mol. The molecule has 0 radical (unpaired) electrons. The molecule has 0 bridgehead atoms. The summed E-state index contributed by atoms with van der Waals surface area (Å²) < 4.78 is 2.42. The third-order valence-corrected chi connectivity index (χ3v) is 8.25. The van der Waals surface area contributed by atoms with Gasteiger partial charge in [0.25, 0.3) is 0 Å². The fraction of sp³-hybridized carbons (Fsp3) is 0.382. The molecule has 0 aliphatic carbocycles. The molecule has 0 saturated carbocycles. The van der Waals surface area contributed by atoms with Gasteiger partial charge >= 0.3 is 0 Å². The molecular weight excluding hydrogens is 436 g/mol. The quantitative estimate of drug-likeness (QED) is 0.236. The number of hydrogen-bond donors (Lipinski definition) is 0. The molecule has 0 amide bonds. The molecule has 5 aromatic rings. The highest BCUT2D eigenvalue weighted by Crippen LogP contribution is 2.42. The maximum absolute atomic E-state index is 5.13. The van der Waals surface area contributed by atoms with Crippen LogP contribution >= 0.6 is 0 Å². The van der Waals surface area contributed by atoms with Crippen molar-refractivity contribution in [3.05, 3.63) is 83.0 Å². The van der Waals surface area contributed by atoms with Gasteiger partial charge in [-0.2, -0.15) is 0 Å². The van der Waals surface area contributed by atoms with E-state index in [4.69, 9.17) is 4.98 Å². The van der Waals surface area contributed by atoms with E-state index >= 15 is 0 Å². The number of fused-ring (bicyclic) bond motifs is 6. The summed E-state index contributed by atoms with van der Waals surface area (Å²) in [7, 11) is 0. The maximum atomic E-state index is 5.13. The van der Waals surface area contributed by atoms with Crippen LogP contribution in [-0.4, -0.2) is 9.38 Å². The van der Waals surface area contributed by atoms with E-state index in [0.29, 0.717) is 5.92 Å². The van der Waals surface area contributed by atoms with Crippen molar-refractivity contribution >= 4 is 27.3 Å². The fourth-order valence-electron chi connectivity index (χ4n) is 5.75. The van der Waals surface area contributed by atoms with Crippen LogP contribution in [0.2, 0.25) is 0 Å². The number of aryl methyl sites for hydroxylation is 2. The Morgan fingerprint density at radius 2 is 1.50 bits per heavy atom. The van der Waals surface area contributed by atoms with Crippen molar-refractivity contribution in [3.8, 4) is 11.3 Å². The predicted octanol–water partition coefficient (Wildman–Crippen LogP) is 9.45. The Hall–Kier alpha value is -3.13. The highest BCUT2D eigenvalue weighted by molar-refractivity contribution is 6.14. The Morgan fingerprint density at radius 3 is 2.14 bits per heavy atom. The summed E-state index contributed by atoms with van der Waals surface area (Å²) >= 11 is 0. The summed E-state index contributed by atoms with van der Waals surface area (Å²) in [5.41, 5.74) is 10.3. The Morgan fingerprint density at radius 1 is 0.833 bits per heavy atom. The Kier molecular flexibility index (Phi) is 5.78. The molecule has 0 atom stereocenters. The highest BCUT2D eigenvalue weighted by atomic mass is 15.0. The lowest BCUT2D eigenvalue weighted by atomic mass is 9.73. The lowest BCUT2D eigenvalue weighted by Gasteiger charge is -2.31. The standard InChI is InChI=1S/C34H40N2/c1-21(2)34(8,9)27-15-11-14-25-26-18-24(19-33(5,6)7)16-17-28(26)36-29(20-35-32(36)31(25)27)30-22(3)12-10-13-23(30)4/h10-18,20-21H,19H2,1-9H3. The normalized spacial score (nSPS) is 12.9. The summed E-state index contributed by atoms with van der Waals surface area (Å²) in [5, 5.41) is 3.90. The minimum atomic E-state index is 0.0153. The number of rotatable bonds is 4. The number of pyridine rings is 1. The molecule has 2 heteroatoms. The molecule has 0 aliphatic rings. The summed E-state index contributed by atoms with van der Waals surface area (Å²) in [6, 6.07) is 20.5. The molecule has 3 aromatic carbocycles. The van der Waals surface area contributed by atoms with Crippen molar-refractivity contribution in [3.63, 3.8) is 0 Å². The summed E-state index contributed by atoms with van der Waals surface area (Å²) in [6.45, 7) is 20.8. The van der Waals surface area contributed by atoms with Crippen molar-refractivity contribution in [2.24, 2.45) is 11.3 Å². The van der Waals surface area contributed by atoms with Crippen LogP contribution in [-0.2, 0) is 11.8 Å². The first-order valence-electron chi connectivity index (χ1n) is 13.3. The van der Waals surface area contributed by atoms with Gasteiger partial charge in [0.2, 0.25) is 0 Å². The fourth-order valence-corrected chi connectivity index (χ4v) is 5.75. The summed E-state index contributed by atoms with van der Waals surface area (Å²) in [4.78, 5) is 5.13. The van der Waals surface area contributed by atoms with Crippen LogP contribution in [0.1, 0.15) is 70.7 Å². The average molecular weight is 477 g/mol. The maximum Gasteiger partial charge on any atom is 0.145 e. The van der Waals surface area contributed by atoms with Gasteiger partial charge in [0.1, 0.15) is 5.65 Å². The molecule has 2 nitrogen and oxygen atoms in total. The van der Waals surface area contributed by atoms with E-state index in [1.54, 1.807) is 0 Å². The van der Waals surface area contributed by atoms with Crippen molar-refractivity contribution in [1.29, 1.82) is 0 Å². The van der Waals surface area contributed by atoms with Gasteiger partial charge in [-0.05, 0) is 76.8 Å². The van der Waals surface area contributed by atoms with Gasteiger partial charge in [0.05, 0.1) is 17.4 Å². The molecule has 5 rings (SSSR count). The van der Waals surface area contributed by atoms with Crippen molar-refractivity contribution < 1.29 is 0 Å². The van der Waals surface area contributed by atoms with E-state index in [1.807, 2.05) is 0 Å². The lowest BCUT2D eigenvalue weighted by Crippen LogP contribution is -2.24. The Balaban J connectivity index is 1.99. The van der Waals surface area contributed by atoms with Crippen LogP contribution in [0.15, 0.2) is 60.8 Å². The van der Waals surface area contributed by atoms with Crippen LogP contribution in [0.5, 0.6) is 0 Å². The molecule has 36 heavy (non-hydrogen) atoms. The first-order valence-corrected chi connectivity index (χ1v) is 13.3. The smallest absolute Gasteiger partial charge is 0.145 e. The van der Waals surface area contributed by atoms with Gasteiger partial charge < -0.3 is 0 Å². The van der Waals surface area contributed by atoms with Crippen molar-refractivity contribution in [1.82, 2.24) is 9.38 Å². The van der Waals surface area contributed by atoms with Gasteiger partial charge in [-0.3, -0.25) is 4.40 Å². The van der Waals surface area contributed by atoms with E-state index in [1.165, 1.54) is 55.2 Å². The summed E-state index contributed by atoms with van der Waals surface area (Å²) in [5.74, 6) is 0.499. The molecule has 0 N–H and O–H groups in total. The first-order chi connectivity index (χ1) is 16.9. The molecule has 186 valence electrons. The predicted molar refractivity (Wildman–Crippen MR) is 156 cm³/mol. The molecule has 0 aliphatic heterocycles. The van der Waals surface area contributed by atoms with Gasteiger partial charge in [-0.25, -0.2) is 4.98 Å². The number of nitrogens with zero attached hydrogens (tertiary/aromatic N) is 2. The second-order valence-electron chi connectivity index (χ2n) is 12.8. The zero-order valence-corrected chi connectivity index (χ0v) is 23.5. The van der Waals surface area contributed by atoms with Crippen LogP contribution in [0.3, 0.4) is 0 Å². The minimum Gasteiger partial charge on any atom is -0.292 e. The second-order valence-corrected chi connectivity index (χ2v) is 12.8. The molecule has 2 heterocycles. The molecule has 0 unspecified atom stereocenters. The van der Waals surface area contributed by atoms with Crippen molar-refractivity contribution in [2.75, 3.05) is 0 Å². The number of hydrogen-bond acceptors (Lipinski definition) is 1. The number of imidazole rings is 1. The van der Waals surface area contributed by atoms with Gasteiger partial charge in [-0.15, -0.1) is 0 Å². The first kappa shape index (κ1) is 24.6. The topological polar surface area (TPSA) is 17.3 Å². The summed E-state index contributed by atoms with van der Waals surface area (Å²) in [6.07, 6.45) is 3.14. The zero-order chi connectivity index (χ0) is 26.0. The largest absolute Gasteiger partial charge is 0.292 e. The van der Waals surface area contributed by atoms with Crippen LogP contribution in [0.25, 0.3) is 38.6 Å². The lowest BCUT2D eigenvalue weighted by molar-refractivity contribution is 0.375. The molecule has 2 aromatic heterocycles. The van der Waals surface area contributed by atoms with E-state index in [0.717, 1.165) is 12.1 Å². The number of aromatic nitrogens is 2. The zero-order valence-electron chi connectivity index (χ0n) is 23.5. The molecule has 0 saturated heterocycles. The average Bonchev–Trinajstić information content (AvgIpc) is 3.22. The Labute approximate surface area is 216 Å². The van der Waals surface area contributed by atoms with Gasteiger partial charge in [0, 0.05) is 16.3 Å². The molecule has 0 fully saturated rings. The van der Waals surface area contributed by atoms with Crippen LogP contribution in [0.4, 0.5) is 0 Å². The van der Waals surface area contributed by atoms with Crippen LogP contribution < -0.4 is 0 Å². The van der Waals surface area contributed by atoms with E-state index in [-0.39, 0.29) is 10.8 Å². The minimum absolute atomic E-state index is 0.0153. The van der Waals surface area contributed by atoms with E-state index in [9.17, 15) is 0 Å². The van der Waals surface area contributed by atoms with E-state index in [2.05, 4.69) is 128 Å². The highest BCUT2D eigenvalue weighted by Gasteiger charge is 2.29. The van der Waals surface area contributed by atoms with E-state index < -0.39 is 0 Å². The van der Waals surface area contributed by atoms with Crippen LogP contribution in [0, 0.1) is 25.2 Å².